The van der Waals surface area contributed by atoms with Crippen molar-refractivity contribution in [1.82, 2.24) is 20.0 Å². The minimum Gasteiger partial charge on any atom is -0.374 e. The summed E-state index contributed by atoms with van der Waals surface area (Å²) in [6.07, 6.45) is 3.41. The highest BCUT2D eigenvalue weighted by Gasteiger charge is 2.26. The molecule has 1 aliphatic rings. The highest BCUT2D eigenvalue weighted by molar-refractivity contribution is 7.22. The van der Waals surface area contributed by atoms with E-state index in [0.29, 0.717) is 28.6 Å². The summed E-state index contributed by atoms with van der Waals surface area (Å²) in [7, 11) is 1.88. The number of aromatic amines is 1. The van der Waals surface area contributed by atoms with Crippen LogP contribution in [0, 0.1) is 11.3 Å². The van der Waals surface area contributed by atoms with Crippen molar-refractivity contribution in [2.75, 3.05) is 6.61 Å². The van der Waals surface area contributed by atoms with E-state index < -0.39 is 0 Å². The molecule has 0 spiro atoms. The van der Waals surface area contributed by atoms with E-state index >= 15 is 0 Å². The maximum Gasteiger partial charge on any atom is 0.272 e. The van der Waals surface area contributed by atoms with Gasteiger partial charge in [-0.05, 0) is 42.2 Å². The van der Waals surface area contributed by atoms with Crippen LogP contribution >= 0.6 is 11.3 Å². The van der Waals surface area contributed by atoms with E-state index in [-0.39, 0.29) is 18.2 Å². The third-order valence-corrected chi connectivity index (χ3v) is 7.82. The predicted molar refractivity (Wildman–Crippen MR) is 136 cm³/mol. The predicted octanol–water partition coefficient (Wildman–Crippen LogP) is 4.39. The second kappa shape index (κ2) is 8.43. The normalized spacial score (nSPS) is 15.7. The molecule has 1 atom stereocenters. The molecule has 9 heteroatoms. The lowest BCUT2D eigenvalue weighted by atomic mass is 9.93. The first-order valence-corrected chi connectivity index (χ1v) is 12.2. The average molecular weight is 483 g/mol. The number of aryl methyl sites for hydroxylation is 1. The average Bonchev–Trinajstić information content (AvgIpc) is 3.62. The molecule has 3 N–H and O–H groups in total. The summed E-state index contributed by atoms with van der Waals surface area (Å²) in [4.78, 5) is 13.7. The van der Waals surface area contributed by atoms with Gasteiger partial charge >= 0.3 is 0 Å². The summed E-state index contributed by atoms with van der Waals surface area (Å²) >= 11 is 1.58. The Bertz CT molecular complexity index is 1700. The van der Waals surface area contributed by atoms with Gasteiger partial charge in [-0.2, -0.15) is 15.5 Å². The van der Waals surface area contributed by atoms with Crippen LogP contribution in [0.15, 0.2) is 47.4 Å². The number of H-pyrrole nitrogens is 1. The van der Waals surface area contributed by atoms with Crippen molar-refractivity contribution in [2.24, 2.45) is 12.8 Å². The van der Waals surface area contributed by atoms with Crippen LogP contribution in [-0.2, 0) is 18.3 Å². The lowest BCUT2D eigenvalue weighted by molar-refractivity contribution is 0.113. The summed E-state index contributed by atoms with van der Waals surface area (Å²) in [5, 5.41) is 23.6. The third-order valence-electron chi connectivity index (χ3n) is 6.64. The topological polar surface area (TPSA) is 123 Å². The zero-order chi connectivity index (χ0) is 24.1. The van der Waals surface area contributed by atoms with Crippen molar-refractivity contribution >= 4 is 32.2 Å². The van der Waals surface area contributed by atoms with Crippen molar-refractivity contribution in [3.05, 3.63) is 69.8 Å². The van der Waals surface area contributed by atoms with E-state index in [9.17, 15) is 10.1 Å². The number of fused-ring (bicyclic) bond motifs is 2. The molecule has 174 valence electrons. The molecule has 1 aliphatic heterocycles. The van der Waals surface area contributed by atoms with Crippen LogP contribution in [0.4, 0.5) is 0 Å². The van der Waals surface area contributed by atoms with Gasteiger partial charge in [-0.15, -0.1) is 11.3 Å². The maximum absolute atomic E-state index is 12.9. The Kier molecular flexibility index (Phi) is 5.22. The monoisotopic (exact) mass is 482 g/mol. The molecular formula is C26H22N6O2S. The third kappa shape index (κ3) is 3.38. The van der Waals surface area contributed by atoms with Crippen molar-refractivity contribution in [3.8, 4) is 27.8 Å². The summed E-state index contributed by atoms with van der Waals surface area (Å²) in [5.74, 6) is 0. The fourth-order valence-corrected chi connectivity index (χ4v) is 6.25. The van der Waals surface area contributed by atoms with Gasteiger partial charge in [-0.3, -0.25) is 9.48 Å². The van der Waals surface area contributed by atoms with E-state index in [1.165, 1.54) is 0 Å². The first-order chi connectivity index (χ1) is 17.1. The van der Waals surface area contributed by atoms with Crippen molar-refractivity contribution < 1.29 is 4.74 Å². The second-order valence-electron chi connectivity index (χ2n) is 8.64. The van der Waals surface area contributed by atoms with Crippen LogP contribution in [-0.4, -0.2) is 26.6 Å². The number of nitrogens with zero attached hydrogens (tertiary/aromatic N) is 4. The molecule has 6 rings (SSSR count). The molecule has 0 unspecified atom stereocenters. The van der Waals surface area contributed by atoms with Crippen LogP contribution in [0.3, 0.4) is 0 Å². The molecule has 0 saturated carbocycles. The van der Waals surface area contributed by atoms with Gasteiger partial charge in [-0.25, -0.2) is 5.10 Å². The SMILES string of the molecule is Cn1ncc(-c2cc([C@H]3CCCO3)c3c(=O)[nH]nc(CN)c3c2)c1-c1sc2ccccc2c1C#N. The van der Waals surface area contributed by atoms with E-state index in [1.807, 2.05) is 49.6 Å². The minimum absolute atomic E-state index is 0.175. The first-order valence-electron chi connectivity index (χ1n) is 11.4. The van der Waals surface area contributed by atoms with E-state index in [0.717, 1.165) is 50.2 Å². The molecule has 0 aliphatic carbocycles. The zero-order valence-electron chi connectivity index (χ0n) is 19.0. The second-order valence-corrected chi connectivity index (χ2v) is 9.69. The van der Waals surface area contributed by atoms with Crippen molar-refractivity contribution in [1.29, 1.82) is 5.26 Å². The number of ether oxygens (including phenoxy) is 1. The number of nitrogens with one attached hydrogen (secondary N) is 1. The molecule has 1 saturated heterocycles. The molecular weight excluding hydrogens is 460 g/mol. The number of rotatable bonds is 4. The quantitative estimate of drug-likeness (QED) is 0.392. The van der Waals surface area contributed by atoms with Gasteiger partial charge in [0.1, 0.15) is 6.07 Å². The first kappa shape index (κ1) is 21.7. The smallest absolute Gasteiger partial charge is 0.272 e. The van der Waals surface area contributed by atoms with Gasteiger partial charge in [0.2, 0.25) is 0 Å². The molecule has 3 aromatic heterocycles. The number of nitrogens with two attached hydrogens (primary N) is 1. The summed E-state index contributed by atoms with van der Waals surface area (Å²) in [6.45, 7) is 0.852. The standard InChI is InChI=1S/C26H22N6O2S/c1-32-24(25-18(11-27)15-5-2-3-7-22(15)35-25)19(13-29-32)14-9-16-20(12-28)30-31-26(33)23(16)17(10-14)21-6-4-8-34-21/h2-3,5,7,9-10,13,21H,4,6,8,12,28H2,1H3,(H,31,33)/t21-/m1/s1. The summed E-state index contributed by atoms with van der Waals surface area (Å²) in [6, 6.07) is 14.3. The van der Waals surface area contributed by atoms with Gasteiger partial charge in [-0.1, -0.05) is 18.2 Å². The van der Waals surface area contributed by atoms with Crippen molar-refractivity contribution in [2.45, 2.75) is 25.5 Å². The fourth-order valence-electron chi connectivity index (χ4n) is 5.01. The number of benzene rings is 2. The Morgan fingerprint density at radius 3 is 2.94 bits per heavy atom. The molecule has 35 heavy (non-hydrogen) atoms. The Labute approximate surface area is 204 Å². The number of nitriles is 1. The number of aromatic nitrogens is 4. The minimum atomic E-state index is -0.253. The molecule has 1 fully saturated rings. The van der Waals surface area contributed by atoms with E-state index in [4.69, 9.17) is 10.5 Å². The van der Waals surface area contributed by atoms with Crippen LogP contribution in [0.5, 0.6) is 0 Å². The lowest BCUT2D eigenvalue weighted by Gasteiger charge is -2.16. The van der Waals surface area contributed by atoms with Gasteiger partial charge < -0.3 is 10.5 Å². The zero-order valence-corrected chi connectivity index (χ0v) is 19.9. The lowest BCUT2D eigenvalue weighted by Crippen LogP contribution is -2.16. The van der Waals surface area contributed by atoms with Crippen LogP contribution in [0.1, 0.15) is 35.8 Å². The van der Waals surface area contributed by atoms with Crippen molar-refractivity contribution in [3.63, 3.8) is 0 Å². The van der Waals surface area contributed by atoms with Crippen LogP contribution in [0.25, 0.3) is 42.6 Å². The maximum atomic E-state index is 12.9. The Balaban J connectivity index is 1.65. The van der Waals surface area contributed by atoms with Gasteiger partial charge in [0.05, 0.1) is 39.5 Å². The summed E-state index contributed by atoms with van der Waals surface area (Å²) in [5.41, 5.74) is 10.4. The number of thiophene rings is 1. The molecule has 0 amide bonds. The van der Waals surface area contributed by atoms with E-state index in [1.54, 1.807) is 16.0 Å². The van der Waals surface area contributed by atoms with Crippen LogP contribution < -0.4 is 11.3 Å². The summed E-state index contributed by atoms with van der Waals surface area (Å²) < 4.78 is 8.85. The largest absolute Gasteiger partial charge is 0.374 e. The molecule has 8 nitrogen and oxygen atoms in total. The van der Waals surface area contributed by atoms with Crippen LogP contribution in [0.2, 0.25) is 0 Å². The molecule has 2 aromatic carbocycles. The van der Waals surface area contributed by atoms with Gasteiger partial charge in [0.15, 0.2) is 0 Å². The fraction of sp³-hybridized carbons (Fsp3) is 0.231. The number of hydrogen-bond acceptors (Lipinski definition) is 7. The highest BCUT2D eigenvalue weighted by atomic mass is 32.1. The Hall–Kier alpha value is -3.84. The Morgan fingerprint density at radius 2 is 2.17 bits per heavy atom. The highest BCUT2D eigenvalue weighted by Crippen LogP contribution is 2.44. The number of hydrogen-bond donors (Lipinski definition) is 2. The molecule has 0 bridgehead atoms. The molecule has 5 aromatic rings. The van der Waals surface area contributed by atoms with E-state index in [2.05, 4.69) is 21.4 Å². The Morgan fingerprint density at radius 1 is 1.31 bits per heavy atom. The van der Waals surface area contributed by atoms with Gasteiger partial charge in [0, 0.05) is 41.2 Å². The molecule has 4 heterocycles. The van der Waals surface area contributed by atoms with Gasteiger partial charge in [0.25, 0.3) is 5.56 Å². The molecule has 0 radical (unpaired) electrons.